The van der Waals surface area contributed by atoms with E-state index in [4.69, 9.17) is 16.1 Å². The van der Waals surface area contributed by atoms with Gasteiger partial charge in [0, 0.05) is 6.20 Å². The first-order valence-corrected chi connectivity index (χ1v) is 5.81. The predicted molar refractivity (Wildman–Crippen MR) is 62.4 cm³/mol. The number of nitrogens with one attached hydrogen (secondary N) is 1. The zero-order chi connectivity index (χ0) is 11.0. The topological polar surface area (TPSA) is 54.7 Å². The number of hydrogen-bond acceptors (Lipinski definition) is 4. The minimum atomic E-state index is 0.449. The minimum Gasteiger partial charge on any atom is -0.359 e. The van der Waals surface area contributed by atoms with E-state index in [1.807, 2.05) is 23.7 Å². The van der Waals surface area contributed by atoms with Gasteiger partial charge in [0.2, 0.25) is 5.82 Å². The largest absolute Gasteiger partial charge is 0.359 e. The molecular formula is C10H6ClN3OS. The molecule has 4 nitrogen and oxygen atoms in total. The van der Waals surface area contributed by atoms with Gasteiger partial charge in [0.1, 0.15) is 4.88 Å². The molecule has 16 heavy (non-hydrogen) atoms. The van der Waals surface area contributed by atoms with Gasteiger partial charge in [-0.25, -0.2) is 0 Å². The molecule has 0 amide bonds. The Morgan fingerprint density at radius 1 is 1.38 bits per heavy atom. The Morgan fingerprint density at radius 3 is 3.00 bits per heavy atom. The lowest BCUT2D eigenvalue weighted by molar-refractivity contribution is 0.433. The molecule has 0 radical (unpaired) electrons. The lowest BCUT2D eigenvalue weighted by atomic mass is 10.4. The molecule has 0 fully saturated rings. The molecule has 0 aliphatic carbocycles. The van der Waals surface area contributed by atoms with Crippen LogP contribution in [0.15, 0.2) is 34.3 Å². The van der Waals surface area contributed by atoms with Crippen LogP contribution in [0.5, 0.6) is 0 Å². The van der Waals surface area contributed by atoms with Crippen LogP contribution in [-0.4, -0.2) is 15.1 Å². The summed E-state index contributed by atoms with van der Waals surface area (Å²) < 4.78 is 5.16. The highest BCUT2D eigenvalue weighted by Crippen LogP contribution is 2.32. The Balaban J connectivity index is 2.03. The highest BCUT2D eigenvalue weighted by molar-refractivity contribution is 7.14. The summed E-state index contributed by atoms with van der Waals surface area (Å²) in [6.45, 7) is 0. The Labute approximate surface area is 99.9 Å². The quantitative estimate of drug-likeness (QED) is 0.759. The van der Waals surface area contributed by atoms with Crippen LogP contribution in [0.4, 0.5) is 0 Å². The molecule has 3 heterocycles. The van der Waals surface area contributed by atoms with Crippen molar-refractivity contribution in [1.29, 1.82) is 0 Å². The van der Waals surface area contributed by atoms with Crippen LogP contribution in [0.25, 0.3) is 22.3 Å². The third kappa shape index (κ3) is 1.54. The number of halogens is 1. The van der Waals surface area contributed by atoms with E-state index in [1.165, 1.54) is 11.3 Å². The van der Waals surface area contributed by atoms with E-state index in [0.717, 1.165) is 10.6 Å². The zero-order valence-corrected chi connectivity index (χ0v) is 9.55. The van der Waals surface area contributed by atoms with Crippen LogP contribution in [0, 0.1) is 0 Å². The highest BCUT2D eigenvalue weighted by Gasteiger charge is 2.14. The molecular weight excluding hydrogens is 246 g/mol. The summed E-state index contributed by atoms with van der Waals surface area (Å²) in [5.74, 6) is 0.981. The highest BCUT2D eigenvalue weighted by atomic mass is 35.5. The number of aromatic nitrogens is 3. The molecule has 3 aromatic rings. The fourth-order valence-electron chi connectivity index (χ4n) is 1.34. The second kappa shape index (κ2) is 3.77. The number of thiophene rings is 1. The molecule has 0 aliphatic heterocycles. The molecule has 3 rings (SSSR count). The Hall–Kier alpha value is -1.59. The standard InChI is InChI=1S/C10H6ClN3OS/c11-6-3-5-16-8(6)10-13-9(14-15-10)7-2-1-4-12-7/h1-5,12H. The van der Waals surface area contributed by atoms with E-state index in [2.05, 4.69) is 15.1 Å². The van der Waals surface area contributed by atoms with Gasteiger partial charge in [0.05, 0.1) is 10.7 Å². The zero-order valence-electron chi connectivity index (χ0n) is 7.98. The van der Waals surface area contributed by atoms with E-state index >= 15 is 0 Å². The van der Waals surface area contributed by atoms with E-state index in [0.29, 0.717) is 16.7 Å². The maximum absolute atomic E-state index is 5.98. The Kier molecular flexibility index (Phi) is 2.27. The number of aromatic amines is 1. The Bertz CT molecular complexity index is 599. The summed E-state index contributed by atoms with van der Waals surface area (Å²) in [6, 6.07) is 5.56. The fraction of sp³-hybridized carbons (Fsp3) is 0. The monoisotopic (exact) mass is 251 g/mol. The van der Waals surface area contributed by atoms with Gasteiger partial charge in [0.25, 0.3) is 5.89 Å². The van der Waals surface area contributed by atoms with E-state index in [1.54, 1.807) is 6.07 Å². The first-order valence-electron chi connectivity index (χ1n) is 4.55. The summed E-state index contributed by atoms with van der Waals surface area (Å²) in [7, 11) is 0. The van der Waals surface area contributed by atoms with Gasteiger partial charge < -0.3 is 9.51 Å². The van der Waals surface area contributed by atoms with Gasteiger partial charge in [-0.1, -0.05) is 16.8 Å². The molecule has 1 N–H and O–H groups in total. The van der Waals surface area contributed by atoms with Crippen molar-refractivity contribution in [3.05, 3.63) is 34.8 Å². The van der Waals surface area contributed by atoms with Gasteiger partial charge >= 0.3 is 0 Å². The second-order valence-electron chi connectivity index (χ2n) is 3.10. The molecule has 80 valence electrons. The van der Waals surface area contributed by atoms with Gasteiger partial charge in [-0.05, 0) is 23.6 Å². The fourth-order valence-corrected chi connectivity index (χ4v) is 2.40. The minimum absolute atomic E-state index is 0.449. The third-order valence-electron chi connectivity index (χ3n) is 2.08. The summed E-state index contributed by atoms with van der Waals surface area (Å²) in [4.78, 5) is 8.08. The van der Waals surface area contributed by atoms with Crippen molar-refractivity contribution in [2.24, 2.45) is 0 Å². The first kappa shape index (κ1) is 9.62. The predicted octanol–water partition coefficient (Wildman–Crippen LogP) is 3.45. The van der Waals surface area contributed by atoms with Crippen molar-refractivity contribution in [3.63, 3.8) is 0 Å². The molecule has 0 bridgehead atoms. The van der Waals surface area contributed by atoms with Crippen molar-refractivity contribution in [1.82, 2.24) is 15.1 Å². The summed E-state index contributed by atoms with van der Waals surface area (Å²) in [5.41, 5.74) is 0.822. The molecule has 0 atom stereocenters. The lowest BCUT2D eigenvalue weighted by Gasteiger charge is -1.87. The van der Waals surface area contributed by atoms with E-state index in [9.17, 15) is 0 Å². The summed E-state index contributed by atoms with van der Waals surface area (Å²) in [6.07, 6.45) is 1.81. The molecule has 0 aromatic carbocycles. The molecule has 0 spiro atoms. The van der Waals surface area contributed by atoms with Gasteiger partial charge in [-0.2, -0.15) is 4.98 Å². The second-order valence-corrected chi connectivity index (χ2v) is 4.43. The van der Waals surface area contributed by atoms with E-state index in [-0.39, 0.29) is 0 Å². The maximum atomic E-state index is 5.98. The van der Waals surface area contributed by atoms with Gasteiger partial charge in [-0.3, -0.25) is 0 Å². The Morgan fingerprint density at radius 2 is 2.31 bits per heavy atom. The van der Waals surface area contributed by atoms with Crippen LogP contribution in [0.2, 0.25) is 5.02 Å². The summed E-state index contributed by atoms with van der Waals surface area (Å²) in [5, 5.41) is 6.40. The normalized spacial score (nSPS) is 10.8. The van der Waals surface area contributed by atoms with Crippen molar-refractivity contribution in [2.45, 2.75) is 0 Å². The van der Waals surface area contributed by atoms with Crippen LogP contribution in [0.1, 0.15) is 0 Å². The average molecular weight is 252 g/mol. The van der Waals surface area contributed by atoms with Crippen molar-refractivity contribution < 1.29 is 4.52 Å². The number of rotatable bonds is 2. The first-order chi connectivity index (χ1) is 7.84. The molecule has 6 heteroatoms. The molecule has 0 aliphatic rings. The van der Waals surface area contributed by atoms with Crippen LogP contribution >= 0.6 is 22.9 Å². The number of H-pyrrole nitrogens is 1. The van der Waals surface area contributed by atoms with Crippen LogP contribution < -0.4 is 0 Å². The summed E-state index contributed by atoms with van der Waals surface area (Å²) >= 11 is 7.46. The number of hydrogen-bond donors (Lipinski definition) is 1. The molecule has 0 unspecified atom stereocenters. The van der Waals surface area contributed by atoms with Crippen molar-refractivity contribution >= 4 is 22.9 Å². The number of nitrogens with zero attached hydrogens (tertiary/aromatic N) is 2. The SMILES string of the molecule is Clc1ccsc1-c1nc(-c2ccc[nH]2)no1. The van der Waals surface area contributed by atoms with Crippen LogP contribution in [-0.2, 0) is 0 Å². The smallest absolute Gasteiger partial charge is 0.269 e. The molecule has 0 saturated carbocycles. The van der Waals surface area contributed by atoms with Gasteiger partial charge in [-0.15, -0.1) is 11.3 Å². The molecule has 0 saturated heterocycles. The molecule has 3 aromatic heterocycles. The van der Waals surface area contributed by atoms with Gasteiger partial charge in [0.15, 0.2) is 0 Å². The maximum Gasteiger partial charge on any atom is 0.269 e. The van der Waals surface area contributed by atoms with Crippen LogP contribution in [0.3, 0.4) is 0 Å². The average Bonchev–Trinajstić information content (AvgIpc) is 2.96. The van der Waals surface area contributed by atoms with E-state index < -0.39 is 0 Å². The van der Waals surface area contributed by atoms with Crippen molar-refractivity contribution in [2.75, 3.05) is 0 Å². The van der Waals surface area contributed by atoms with Crippen molar-refractivity contribution in [3.8, 4) is 22.3 Å². The third-order valence-corrected chi connectivity index (χ3v) is 3.41. The lowest BCUT2D eigenvalue weighted by Crippen LogP contribution is -1.79.